The zero-order chi connectivity index (χ0) is 14.4. The smallest absolute Gasteiger partial charge is 0.323 e. The van der Waals surface area contributed by atoms with Gasteiger partial charge in [0, 0.05) is 6.42 Å². The van der Waals surface area contributed by atoms with Gasteiger partial charge in [0.2, 0.25) is 0 Å². The third-order valence-electron chi connectivity index (χ3n) is 3.86. The van der Waals surface area contributed by atoms with Crippen LogP contribution in [0.15, 0.2) is 47.3 Å². The van der Waals surface area contributed by atoms with Crippen molar-refractivity contribution in [2.75, 3.05) is 0 Å². The van der Waals surface area contributed by atoms with Gasteiger partial charge in [0.25, 0.3) is 0 Å². The minimum atomic E-state index is -0.183. The lowest BCUT2D eigenvalue weighted by molar-refractivity contribution is 0.232. The van der Waals surface area contributed by atoms with E-state index in [4.69, 9.17) is 4.74 Å². The lowest BCUT2D eigenvalue weighted by atomic mass is 10.0. The van der Waals surface area contributed by atoms with Gasteiger partial charge in [-0.1, -0.05) is 40.2 Å². The second-order valence-corrected chi connectivity index (χ2v) is 6.24. The van der Waals surface area contributed by atoms with Crippen molar-refractivity contribution in [1.29, 1.82) is 0 Å². The fourth-order valence-electron chi connectivity index (χ4n) is 2.81. The van der Waals surface area contributed by atoms with Gasteiger partial charge in [-0.25, -0.2) is 4.79 Å². The van der Waals surface area contributed by atoms with Gasteiger partial charge in [-0.2, -0.15) is 0 Å². The Morgan fingerprint density at radius 1 is 1.14 bits per heavy atom. The van der Waals surface area contributed by atoms with Crippen LogP contribution in [0, 0.1) is 0 Å². The van der Waals surface area contributed by atoms with E-state index in [1.54, 1.807) is 0 Å². The summed E-state index contributed by atoms with van der Waals surface area (Å²) in [7, 11) is 0. The van der Waals surface area contributed by atoms with E-state index in [1.807, 2.05) is 36.4 Å². The second-order valence-electron chi connectivity index (χ2n) is 5.25. The molecule has 0 aliphatic carbocycles. The number of para-hydroxylation sites is 1. The Hall–Kier alpha value is -2.01. The summed E-state index contributed by atoms with van der Waals surface area (Å²) in [6, 6.07) is 14.0. The Labute approximate surface area is 129 Å². The Morgan fingerprint density at radius 3 is 2.81 bits per heavy atom. The molecule has 2 atom stereocenters. The number of nitrogens with one attached hydrogen (secondary N) is 2. The van der Waals surface area contributed by atoms with Crippen LogP contribution in [-0.4, -0.2) is 16.1 Å². The molecular weight excluding hydrogens is 332 g/mol. The van der Waals surface area contributed by atoms with Crippen LogP contribution >= 0.6 is 15.9 Å². The first-order valence-electron chi connectivity index (χ1n) is 6.81. The summed E-state index contributed by atoms with van der Waals surface area (Å²) in [5.41, 5.74) is 3.79. The zero-order valence-corrected chi connectivity index (χ0v) is 12.7. The van der Waals surface area contributed by atoms with Gasteiger partial charge >= 0.3 is 5.69 Å². The van der Waals surface area contributed by atoms with Gasteiger partial charge in [-0.05, 0) is 29.3 Å². The van der Waals surface area contributed by atoms with Crippen LogP contribution < -0.4 is 10.4 Å². The Bertz CT molecular complexity index is 843. The van der Waals surface area contributed by atoms with E-state index in [9.17, 15) is 4.79 Å². The normalized spacial score (nSPS) is 18.4. The van der Waals surface area contributed by atoms with E-state index >= 15 is 0 Å². The maximum Gasteiger partial charge on any atom is 0.323 e. The largest absolute Gasteiger partial charge is 0.488 e. The predicted octanol–water partition coefficient (Wildman–Crippen LogP) is 3.30. The van der Waals surface area contributed by atoms with Crippen LogP contribution in [0.4, 0.5) is 0 Å². The fourth-order valence-corrected chi connectivity index (χ4v) is 3.39. The average molecular weight is 345 g/mol. The minimum absolute atomic E-state index is 0.0607. The Kier molecular flexibility index (Phi) is 2.89. The van der Waals surface area contributed by atoms with Gasteiger partial charge in [0.1, 0.15) is 11.9 Å². The monoisotopic (exact) mass is 344 g/mol. The van der Waals surface area contributed by atoms with E-state index in [2.05, 4.69) is 32.0 Å². The molecule has 106 valence electrons. The van der Waals surface area contributed by atoms with Crippen LogP contribution in [-0.2, 0) is 6.42 Å². The number of aromatic nitrogens is 2. The van der Waals surface area contributed by atoms with Crippen LogP contribution in [0.1, 0.15) is 16.0 Å². The number of fused-ring (bicyclic) bond motifs is 2. The summed E-state index contributed by atoms with van der Waals surface area (Å²) in [5.74, 6) is 0.961. The molecule has 0 fully saturated rings. The van der Waals surface area contributed by atoms with Gasteiger partial charge in [0.05, 0.1) is 15.9 Å². The summed E-state index contributed by atoms with van der Waals surface area (Å²) < 4.78 is 6.01. The van der Waals surface area contributed by atoms with E-state index in [0.29, 0.717) is 0 Å². The van der Waals surface area contributed by atoms with Crippen LogP contribution in [0.2, 0.25) is 0 Å². The first-order chi connectivity index (χ1) is 10.2. The number of benzene rings is 2. The molecule has 0 saturated carbocycles. The molecule has 2 unspecified atom stereocenters. The number of H-pyrrole nitrogens is 2. The molecule has 1 aromatic heterocycles. The van der Waals surface area contributed by atoms with Crippen LogP contribution in [0.5, 0.6) is 5.75 Å². The fraction of sp³-hybridized carbons (Fsp3) is 0.188. The molecule has 2 heterocycles. The zero-order valence-electron chi connectivity index (χ0n) is 11.1. The minimum Gasteiger partial charge on any atom is -0.488 e. The number of aromatic amines is 2. The predicted molar refractivity (Wildman–Crippen MR) is 85.1 cm³/mol. The number of halogens is 1. The molecule has 3 aromatic rings. The Morgan fingerprint density at radius 2 is 1.95 bits per heavy atom. The summed E-state index contributed by atoms with van der Waals surface area (Å²) in [6.07, 6.45) is 0.943. The number of hydrogen-bond donors (Lipinski definition) is 2. The van der Waals surface area contributed by atoms with E-state index in [0.717, 1.165) is 28.8 Å². The number of alkyl halides is 1. The van der Waals surface area contributed by atoms with Crippen molar-refractivity contribution in [3.05, 3.63) is 64.1 Å². The van der Waals surface area contributed by atoms with Crippen molar-refractivity contribution in [3.8, 4) is 5.75 Å². The quantitative estimate of drug-likeness (QED) is 0.700. The van der Waals surface area contributed by atoms with Crippen LogP contribution in [0.3, 0.4) is 0 Å². The second kappa shape index (κ2) is 4.77. The number of hydrogen-bond acceptors (Lipinski definition) is 2. The van der Waals surface area contributed by atoms with Gasteiger partial charge in [0.15, 0.2) is 0 Å². The maximum atomic E-state index is 11.3. The topological polar surface area (TPSA) is 57.9 Å². The van der Waals surface area contributed by atoms with Gasteiger partial charge < -0.3 is 14.7 Å². The maximum absolute atomic E-state index is 11.3. The van der Waals surface area contributed by atoms with Gasteiger partial charge in [-0.3, -0.25) is 0 Å². The summed E-state index contributed by atoms with van der Waals surface area (Å²) >= 11 is 3.74. The highest BCUT2D eigenvalue weighted by Crippen LogP contribution is 2.38. The lowest BCUT2D eigenvalue weighted by Gasteiger charge is -2.18. The molecule has 2 N–H and O–H groups in total. The first-order valence-corrected chi connectivity index (χ1v) is 7.73. The van der Waals surface area contributed by atoms with Crippen molar-refractivity contribution in [2.24, 2.45) is 0 Å². The summed E-state index contributed by atoms with van der Waals surface area (Å²) in [4.78, 5) is 16.9. The summed E-state index contributed by atoms with van der Waals surface area (Å²) in [6.45, 7) is 0. The number of rotatable bonds is 2. The standard InChI is InChI=1S/C16H13BrN2O2/c17-15(14-8-9-3-1-2-4-13(9)21-14)10-5-6-11-12(7-10)19-16(20)18-11/h1-7,14-15H,8H2,(H2,18,19,20). The third kappa shape index (κ3) is 2.17. The molecule has 4 rings (SSSR count). The van der Waals surface area contributed by atoms with Crippen LogP contribution in [0.25, 0.3) is 11.0 Å². The first kappa shape index (κ1) is 12.7. The SMILES string of the molecule is O=c1[nH]c2ccc(C(Br)C3Cc4ccccc4O3)cc2[nH]1. The third-order valence-corrected chi connectivity index (χ3v) is 4.98. The molecule has 21 heavy (non-hydrogen) atoms. The lowest BCUT2D eigenvalue weighted by Crippen LogP contribution is -2.19. The molecule has 0 saturated heterocycles. The highest BCUT2D eigenvalue weighted by atomic mass is 79.9. The molecule has 1 aliphatic heterocycles. The average Bonchev–Trinajstić information content (AvgIpc) is 3.07. The van der Waals surface area contributed by atoms with Crippen molar-refractivity contribution in [1.82, 2.24) is 9.97 Å². The summed E-state index contributed by atoms with van der Waals surface area (Å²) in [5, 5.41) is 0. The molecule has 0 amide bonds. The molecule has 0 radical (unpaired) electrons. The number of imidazole rings is 1. The highest BCUT2D eigenvalue weighted by molar-refractivity contribution is 9.09. The van der Waals surface area contributed by atoms with Crippen molar-refractivity contribution in [2.45, 2.75) is 17.4 Å². The molecule has 1 aliphatic rings. The van der Waals surface area contributed by atoms with Crippen molar-refractivity contribution in [3.63, 3.8) is 0 Å². The Balaban J connectivity index is 1.65. The number of ether oxygens (including phenoxy) is 1. The molecule has 4 nitrogen and oxygen atoms in total. The highest BCUT2D eigenvalue weighted by Gasteiger charge is 2.29. The molecular formula is C16H13BrN2O2. The van der Waals surface area contributed by atoms with Crippen molar-refractivity contribution < 1.29 is 4.74 Å². The van der Waals surface area contributed by atoms with E-state index in [-0.39, 0.29) is 16.6 Å². The van der Waals surface area contributed by atoms with E-state index < -0.39 is 0 Å². The molecule has 2 aromatic carbocycles. The molecule has 0 spiro atoms. The van der Waals surface area contributed by atoms with E-state index in [1.165, 1.54) is 5.56 Å². The molecule has 5 heteroatoms. The molecule has 0 bridgehead atoms. The van der Waals surface area contributed by atoms with Gasteiger partial charge in [-0.15, -0.1) is 0 Å². The van der Waals surface area contributed by atoms with Crippen molar-refractivity contribution >= 4 is 27.0 Å².